The Morgan fingerprint density at radius 3 is 2.37 bits per heavy atom. The minimum atomic E-state index is -0.826. The Bertz CT molecular complexity index is 825. The van der Waals surface area contributed by atoms with Crippen LogP contribution in [0.15, 0.2) is 47.5 Å². The van der Waals surface area contributed by atoms with E-state index in [1.165, 1.54) is 12.1 Å². The minimum absolute atomic E-state index is 0.0379. The van der Waals surface area contributed by atoms with Crippen LogP contribution in [0.5, 0.6) is 5.75 Å². The van der Waals surface area contributed by atoms with Crippen LogP contribution >= 0.6 is 17.0 Å². The molecule has 142 valence electrons. The average molecular weight is 487 g/mol. The van der Waals surface area contributed by atoms with Crippen LogP contribution in [0.4, 0.5) is 5.69 Å². The first kappa shape index (κ1) is 22.1. The molecule has 5 nitrogen and oxygen atoms in total. The summed E-state index contributed by atoms with van der Waals surface area (Å²) in [5, 5.41) is 22.0. The standard InChI is InChI=1S/C19H20N2O3.2ClH.Zr/c1-19(2,14-6-4-3-5-7-14)17-11-16(21(23)24)10-13(18(17)22)12-20-15-8-9-15;;;/h3-7,10-12,15,22H,8-9H2,1-2H3;2*1H;/q;;;+2/p-2. The number of nitro groups is 1. The van der Waals surface area contributed by atoms with Gasteiger partial charge in [0.25, 0.3) is 5.69 Å². The molecule has 0 radical (unpaired) electrons. The van der Waals surface area contributed by atoms with Crippen LogP contribution in [-0.2, 0) is 26.3 Å². The summed E-state index contributed by atoms with van der Waals surface area (Å²) < 4.78 is 0. The fourth-order valence-electron chi connectivity index (χ4n) is 2.74. The Hall–Kier alpha value is -1.23. The number of hydrogen-bond acceptors (Lipinski definition) is 4. The second-order valence-electron chi connectivity index (χ2n) is 6.76. The zero-order chi connectivity index (χ0) is 20.0. The molecular weight excluding hydrogens is 466 g/mol. The fourth-order valence-corrected chi connectivity index (χ4v) is 2.74. The number of halogens is 2. The van der Waals surface area contributed by atoms with Crippen molar-refractivity contribution in [1.29, 1.82) is 0 Å². The summed E-state index contributed by atoms with van der Waals surface area (Å²) in [6, 6.07) is 12.8. The number of phenols is 1. The SMILES string of the molecule is CC(C)(c1ccccc1)c1cc([N+](=O)[O-])cc(C=NC2CC2)c1O.[Cl][Zr][Cl]. The number of nitro benzene ring substituents is 1. The number of non-ortho nitro benzene ring substituents is 1. The summed E-state index contributed by atoms with van der Waals surface area (Å²) in [6.07, 6.45) is 3.63. The normalized spacial score (nSPS) is 13.8. The molecule has 3 rings (SSSR count). The van der Waals surface area contributed by atoms with Gasteiger partial charge in [-0.25, -0.2) is 0 Å². The third-order valence-electron chi connectivity index (χ3n) is 4.48. The van der Waals surface area contributed by atoms with E-state index in [1.54, 1.807) is 6.21 Å². The number of aromatic hydroxyl groups is 1. The summed E-state index contributed by atoms with van der Waals surface area (Å²) in [6.45, 7) is 3.89. The van der Waals surface area contributed by atoms with Crippen LogP contribution in [0.25, 0.3) is 0 Å². The van der Waals surface area contributed by atoms with Crippen LogP contribution in [0.3, 0.4) is 0 Å². The van der Waals surface area contributed by atoms with Crippen molar-refractivity contribution in [3.63, 3.8) is 0 Å². The van der Waals surface area contributed by atoms with Crippen LogP contribution in [-0.4, -0.2) is 22.3 Å². The molecule has 0 amide bonds. The number of rotatable bonds is 5. The van der Waals surface area contributed by atoms with Crippen molar-refractivity contribution in [3.8, 4) is 5.75 Å². The van der Waals surface area contributed by atoms with Gasteiger partial charge in [0.05, 0.1) is 11.0 Å². The van der Waals surface area contributed by atoms with E-state index in [1.807, 2.05) is 44.2 Å². The zero-order valence-corrected chi connectivity index (χ0v) is 19.0. The van der Waals surface area contributed by atoms with Crippen LogP contribution in [0.1, 0.15) is 43.4 Å². The zero-order valence-electron chi connectivity index (χ0n) is 15.0. The van der Waals surface area contributed by atoms with E-state index in [0.29, 0.717) is 11.1 Å². The molecule has 0 aromatic heterocycles. The van der Waals surface area contributed by atoms with Crippen LogP contribution < -0.4 is 0 Å². The number of benzene rings is 2. The van der Waals surface area contributed by atoms with Gasteiger partial charge >= 0.3 is 37.9 Å². The Labute approximate surface area is 177 Å². The van der Waals surface area contributed by atoms with Crippen molar-refractivity contribution in [2.75, 3.05) is 0 Å². The molecule has 0 bridgehead atoms. The van der Waals surface area contributed by atoms with E-state index in [0.717, 1.165) is 18.4 Å². The van der Waals surface area contributed by atoms with Crippen molar-refractivity contribution in [1.82, 2.24) is 0 Å². The van der Waals surface area contributed by atoms with Gasteiger partial charge in [-0.1, -0.05) is 44.2 Å². The maximum atomic E-state index is 11.3. The summed E-state index contributed by atoms with van der Waals surface area (Å²) in [5.74, 6) is 0.0545. The molecule has 0 aliphatic heterocycles. The third-order valence-corrected chi connectivity index (χ3v) is 4.48. The summed E-state index contributed by atoms with van der Waals surface area (Å²) in [4.78, 5) is 15.2. The van der Waals surface area contributed by atoms with Gasteiger partial charge < -0.3 is 5.11 Å². The van der Waals surface area contributed by atoms with Crippen molar-refractivity contribution in [2.24, 2.45) is 4.99 Å². The van der Waals surface area contributed by atoms with Gasteiger partial charge in [-0.15, -0.1) is 0 Å². The van der Waals surface area contributed by atoms with E-state index < -0.39 is 31.2 Å². The molecule has 0 atom stereocenters. The topological polar surface area (TPSA) is 75.7 Å². The number of aliphatic imine (C=N–C) groups is 1. The number of phenolic OH excluding ortho intramolecular Hbond substituents is 1. The predicted octanol–water partition coefficient (Wildman–Crippen LogP) is 5.58. The average Bonchev–Trinajstić information content (AvgIpc) is 3.46. The molecule has 1 fully saturated rings. The molecule has 1 saturated carbocycles. The second-order valence-corrected chi connectivity index (χ2v) is 10.5. The molecule has 0 saturated heterocycles. The molecule has 0 spiro atoms. The first-order valence-corrected chi connectivity index (χ1v) is 14.7. The van der Waals surface area contributed by atoms with Crippen molar-refractivity contribution in [3.05, 3.63) is 69.3 Å². The first-order valence-electron chi connectivity index (χ1n) is 8.38. The van der Waals surface area contributed by atoms with E-state index >= 15 is 0 Å². The van der Waals surface area contributed by atoms with E-state index in [9.17, 15) is 15.2 Å². The number of nitrogens with zero attached hydrogens (tertiary/aromatic N) is 2. The molecule has 0 unspecified atom stereocenters. The molecule has 2 aromatic rings. The van der Waals surface area contributed by atoms with Gasteiger partial charge in [-0.05, 0) is 18.4 Å². The molecule has 8 heteroatoms. The van der Waals surface area contributed by atoms with Crippen molar-refractivity contribution in [2.45, 2.75) is 38.1 Å². The van der Waals surface area contributed by atoms with Crippen LogP contribution in [0.2, 0.25) is 0 Å². The molecular formula is C19H20Cl2N2O3Zr. The molecule has 1 N–H and O–H groups in total. The monoisotopic (exact) mass is 484 g/mol. The quantitative estimate of drug-likeness (QED) is 0.340. The van der Waals surface area contributed by atoms with Crippen molar-refractivity contribution < 1.29 is 30.9 Å². The van der Waals surface area contributed by atoms with Gasteiger partial charge in [0.1, 0.15) is 5.75 Å². The molecule has 1 aliphatic carbocycles. The van der Waals surface area contributed by atoms with Gasteiger partial charge in [-0.3, -0.25) is 15.1 Å². The molecule has 0 heterocycles. The van der Waals surface area contributed by atoms with E-state index in [2.05, 4.69) is 4.99 Å². The third kappa shape index (κ3) is 5.87. The summed E-state index contributed by atoms with van der Waals surface area (Å²) in [7, 11) is 9.87. The number of hydrogen-bond donors (Lipinski definition) is 1. The molecule has 27 heavy (non-hydrogen) atoms. The Kier molecular flexibility index (Phi) is 8.02. The van der Waals surface area contributed by atoms with Crippen LogP contribution in [0, 0.1) is 10.1 Å². The van der Waals surface area contributed by atoms with Gasteiger partial charge in [0, 0.05) is 34.9 Å². The first-order chi connectivity index (χ1) is 12.8. The van der Waals surface area contributed by atoms with Gasteiger partial charge in [-0.2, -0.15) is 0 Å². The summed E-state index contributed by atoms with van der Waals surface area (Å²) in [5.41, 5.74) is 1.30. The van der Waals surface area contributed by atoms with Crippen molar-refractivity contribution >= 4 is 28.9 Å². The maximum absolute atomic E-state index is 11.3. The Balaban J connectivity index is 0.000000817. The summed E-state index contributed by atoms with van der Waals surface area (Å²) >= 11 is -0.826. The molecule has 1 aliphatic rings. The second kappa shape index (κ2) is 9.81. The van der Waals surface area contributed by atoms with E-state index in [4.69, 9.17) is 17.0 Å². The van der Waals surface area contributed by atoms with E-state index in [-0.39, 0.29) is 17.5 Å². The fraction of sp³-hybridized carbons (Fsp3) is 0.316. The predicted molar refractivity (Wildman–Crippen MR) is 106 cm³/mol. The Morgan fingerprint density at radius 2 is 1.85 bits per heavy atom. The van der Waals surface area contributed by atoms with Gasteiger partial charge in [0.2, 0.25) is 0 Å². The Morgan fingerprint density at radius 1 is 1.26 bits per heavy atom. The molecule has 2 aromatic carbocycles. The van der Waals surface area contributed by atoms with Gasteiger partial charge in [0.15, 0.2) is 0 Å².